The molecule has 0 saturated carbocycles. The summed E-state index contributed by atoms with van der Waals surface area (Å²) in [4.78, 5) is 0. The van der Waals surface area contributed by atoms with Crippen LogP contribution in [0.5, 0.6) is 0 Å². The minimum Gasteiger partial charge on any atom is -0.378 e. The molecule has 3 nitrogen and oxygen atoms in total. The molecule has 0 aromatic rings. The van der Waals surface area contributed by atoms with E-state index in [1.165, 1.54) is 6.42 Å². The van der Waals surface area contributed by atoms with Gasteiger partial charge in [-0.05, 0) is 32.2 Å². The highest BCUT2D eigenvalue weighted by molar-refractivity contribution is 4.93. The van der Waals surface area contributed by atoms with Crippen LogP contribution in [0.3, 0.4) is 0 Å². The van der Waals surface area contributed by atoms with E-state index in [-0.39, 0.29) is 5.54 Å². The molecule has 1 heterocycles. The van der Waals surface area contributed by atoms with E-state index >= 15 is 0 Å². The van der Waals surface area contributed by atoms with Crippen LogP contribution in [0.1, 0.15) is 39.5 Å². The number of ether oxygens (including phenoxy) is 1. The molecule has 3 heteroatoms. The molecule has 1 rings (SSSR count). The van der Waals surface area contributed by atoms with Crippen molar-refractivity contribution in [2.24, 2.45) is 5.73 Å². The lowest BCUT2D eigenvalue weighted by molar-refractivity contribution is -0.0278. The van der Waals surface area contributed by atoms with Crippen LogP contribution in [-0.4, -0.2) is 31.3 Å². The summed E-state index contributed by atoms with van der Waals surface area (Å²) < 4.78 is 5.67. The SMILES string of the molecule is CCCNC1(CN)CCOC(CC)C1. The molecule has 84 valence electrons. The molecule has 0 spiro atoms. The molecule has 0 aliphatic carbocycles. The van der Waals surface area contributed by atoms with Gasteiger partial charge in [0.15, 0.2) is 0 Å². The Kier molecular flexibility index (Phi) is 4.85. The summed E-state index contributed by atoms with van der Waals surface area (Å²) >= 11 is 0. The van der Waals surface area contributed by atoms with Crippen molar-refractivity contribution in [1.29, 1.82) is 0 Å². The van der Waals surface area contributed by atoms with E-state index in [4.69, 9.17) is 10.5 Å². The van der Waals surface area contributed by atoms with Gasteiger partial charge >= 0.3 is 0 Å². The minimum absolute atomic E-state index is 0.148. The average molecular weight is 200 g/mol. The fourth-order valence-electron chi connectivity index (χ4n) is 2.09. The number of rotatable bonds is 5. The molecule has 0 aromatic heterocycles. The lowest BCUT2D eigenvalue weighted by atomic mass is 9.85. The molecule has 1 aliphatic rings. The number of nitrogens with two attached hydrogens (primary N) is 1. The predicted octanol–water partition coefficient (Wildman–Crippen LogP) is 1.27. The van der Waals surface area contributed by atoms with Crippen LogP contribution in [0.15, 0.2) is 0 Å². The summed E-state index contributed by atoms with van der Waals surface area (Å²) in [6.07, 6.45) is 4.78. The second-order valence-electron chi connectivity index (χ2n) is 4.27. The van der Waals surface area contributed by atoms with Gasteiger partial charge in [-0.3, -0.25) is 0 Å². The van der Waals surface area contributed by atoms with E-state index in [0.29, 0.717) is 6.10 Å². The smallest absolute Gasteiger partial charge is 0.0590 e. The van der Waals surface area contributed by atoms with Gasteiger partial charge in [0.2, 0.25) is 0 Å². The Bertz CT molecular complexity index is 163. The number of hydrogen-bond donors (Lipinski definition) is 2. The van der Waals surface area contributed by atoms with Crippen molar-refractivity contribution in [2.45, 2.75) is 51.2 Å². The Balaban J connectivity index is 2.49. The van der Waals surface area contributed by atoms with Crippen LogP contribution in [0.2, 0.25) is 0 Å². The second kappa shape index (κ2) is 5.69. The minimum atomic E-state index is 0.148. The molecule has 0 bridgehead atoms. The first-order valence-electron chi connectivity index (χ1n) is 5.83. The van der Waals surface area contributed by atoms with E-state index in [2.05, 4.69) is 19.2 Å². The Morgan fingerprint density at radius 1 is 1.50 bits per heavy atom. The first kappa shape index (κ1) is 12.0. The van der Waals surface area contributed by atoms with E-state index < -0.39 is 0 Å². The van der Waals surface area contributed by atoms with Gasteiger partial charge in [-0.25, -0.2) is 0 Å². The third kappa shape index (κ3) is 2.94. The van der Waals surface area contributed by atoms with Crippen molar-refractivity contribution in [2.75, 3.05) is 19.7 Å². The van der Waals surface area contributed by atoms with Crippen LogP contribution >= 0.6 is 0 Å². The van der Waals surface area contributed by atoms with Crippen molar-refractivity contribution >= 4 is 0 Å². The third-order valence-corrected chi connectivity index (χ3v) is 3.15. The highest BCUT2D eigenvalue weighted by Crippen LogP contribution is 2.25. The molecule has 0 aromatic carbocycles. The Hall–Kier alpha value is -0.120. The molecule has 1 fully saturated rings. The topological polar surface area (TPSA) is 47.3 Å². The summed E-state index contributed by atoms with van der Waals surface area (Å²) in [5, 5.41) is 3.59. The highest BCUT2D eigenvalue weighted by atomic mass is 16.5. The Morgan fingerprint density at radius 2 is 2.29 bits per heavy atom. The highest BCUT2D eigenvalue weighted by Gasteiger charge is 2.34. The largest absolute Gasteiger partial charge is 0.378 e. The normalized spacial score (nSPS) is 33.2. The van der Waals surface area contributed by atoms with Gasteiger partial charge in [0.1, 0.15) is 0 Å². The standard InChI is InChI=1S/C11H24N2O/c1-3-6-13-11(9-12)5-7-14-10(4-2)8-11/h10,13H,3-9,12H2,1-2H3. The van der Waals surface area contributed by atoms with Crippen molar-refractivity contribution in [3.05, 3.63) is 0 Å². The van der Waals surface area contributed by atoms with Gasteiger partial charge in [-0.15, -0.1) is 0 Å². The molecule has 1 aliphatic heterocycles. The number of nitrogens with one attached hydrogen (secondary N) is 1. The van der Waals surface area contributed by atoms with Gasteiger partial charge in [-0.2, -0.15) is 0 Å². The van der Waals surface area contributed by atoms with E-state index in [9.17, 15) is 0 Å². The summed E-state index contributed by atoms with van der Waals surface area (Å²) in [6.45, 7) is 7.01. The van der Waals surface area contributed by atoms with Gasteiger partial charge < -0.3 is 15.8 Å². The second-order valence-corrected chi connectivity index (χ2v) is 4.27. The molecule has 0 amide bonds. The first-order valence-corrected chi connectivity index (χ1v) is 5.83. The first-order chi connectivity index (χ1) is 6.76. The molecule has 14 heavy (non-hydrogen) atoms. The molecule has 2 atom stereocenters. The van der Waals surface area contributed by atoms with Gasteiger partial charge in [-0.1, -0.05) is 13.8 Å². The maximum Gasteiger partial charge on any atom is 0.0590 e. The zero-order valence-corrected chi connectivity index (χ0v) is 9.51. The lowest BCUT2D eigenvalue weighted by Crippen LogP contribution is -2.56. The summed E-state index contributed by atoms with van der Waals surface area (Å²) in [7, 11) is 0. The van der Waals surface area contributed by atoms with Gasteiger partial charge in [0.25, 0.3) is 0 Å². The van der Waals surface area contributed by atoms with E-state index in [1.807, 2.05) is 0 Å². The molecular formula is C11H24N2O. The van der Waals surface area contributed by atoms with Crippen LogP contribution in [-0.2, 0) is 4.74 Å². The summed E-state index contributed by atoms with van der Waals surface area (Å²) in [5.74, 6) is 0. The van der Waals surface area contributed by atoms with Crippen LogP contribution < -0.4 is 11.1 Å². The molecule has 2 unspecified atom stereocenters. The third-order valence-electron chi connectivity index (χ3n) is 3.15. The summed E-state index contributed by atoms with van der Waals surface area (Å²) in [5.41, 5.74) is 6.03. The van der Waals surface area contributed by atoms with Gasteiger partial charge in [0, 0.05) is 18.7 Å². The van der Waals surface area contributed by atoms with Crippen LogP contribution in [0.25, 0.3) is 0 Å². The quantitative estimate of drug-likeness (QED) is 0.702. The maximum atomic E-state index is 5.88. The van der Waals surface area contributed by atoms with E-state index in [1.54, 1.807) is 0 Å². The van der Waals surface area contributed by atoms with Crippen molar-refractivity contribution in [1.82, 2.24) is 5.32 Å². The number of hydrogen-bond acceptors (Lipinski definition) is 3. The van der Waals surface area contributed by atoms with Crippen molar-refractivity contribution < 1.29 is 4.74 Å². The molecule has 0 radical (unpaired) electrons. The fraction of sp³-hybridized carbons (Fsp3) is 1.00. The lowest BCUT2D eigenvalue weighted by Gasteiger charge is -2.41. The molecule has 3 N–H and O–H groups in total. The van der Waals surface area contributed by atoms with Crippen LogP contribution in [0, 0.1) is 0 Å². The molecule has 1 saturated heterocycles. The zero-order chi connectivity index (χ0) is 10.4. The van der Waals surface area contributed by atoms with Crippen molar-refractivity contribution in [3.63, 3.8) is 0 Å². The van der Waals surface area contributed by atoms with Gasteiger partial charge in [0.05, 0.1) is 6.10 Å². The fourth-order valence-corrected chi connectivity index (χ4v) is 2.09. The van der Waals surface area contributed by atoms with Crippen molar-refractivity contribution in [3.8, 4) is 0 Å². The monoisotopic (exact) mass is 200 g/mol. The Morgan fingerprint density at radius 3 is 2.86 bits per heavy atom. The van der Waals surface area contributed by atoms with Crippen LogP contribution in [0.4, 0.5) is 0 Å². The zero-order valence-electron chi connectivity index (χ0n) is 9.51. The average Bonchev–Trinajstić information content (AvgIpc) is 2.26. The molecular weight excluding hydrogens is 176 g/mol. The predicted molar refractivity (Wildman–Crippen MR) is 59.3 cm³/mol. The summed E-state index contributed by atoms with van der Waals surface area (Å²) in [6, 6.07) is 0. The van der Waals surface area contributed by atoms with E-state index in [0.717, 1.165) is 39.0 Å². The maximum absolute atomic E-state index is 5.88. The Labute approximate surface area is 87.4 Å².